The maximum atomic E-state index is 11.3. The minimum Gasteiger partial charge on any atom is -0.493 e. The van der Waals surface area contributed by atoms with Crippen molar-refractivity contribution < 1.29 is 19.2 Å². The van der Waals surface area contributed by atoms with Gasteiger partial charge in [0.2, 0.25) is 0 Å². The molecule has 0 fully saturated rings. The van der Waals surface area contributed by atoms with E-state index in [9.17, 15) is 14.9 Å². The van der Waals surface area contributed by atoms with Gasteiger partial charge in [-0.1, -0.05) is 0 Å². The van der Waals surface area contributed by atoms with Crippen LogP contribution in [0.25, 0.3) is 0 Å². The number of nitro groups is 1. The van der Waals surface area contributed by atoms with Crippen molar-refractivity contribution in [3.63, 3.8) is 0 Å². The summed E-state index contributed by atoms with van der Waals surface area (Å²) in [7, 11) is 0. The molecule has 0 bridgehead atoms. The molecule has 116 valence electrons. The summed E-state index contributed by atoms with van der Waals surface area (Å²) >= 11 is 0. The third kappa shape index (κ3) is 4.71. The fourth-order valence-corrected chi connectivity index (χ4v) is 1.84. The number of esters is 1. The fourth-order valence-electron chi connectivity index (χ4n) is 1.84. The number of nitrogens with zero attached hydrogens (tertiary/aromatic N) is 1. The van der Waals surface area contributed by atoms with Gasteiger partial charge in [0, 0.05) is 12.0 Å². The van der Waals surface area contributed by atoms with Gasteiger partial charge in [-0.15, -0.1) is 0 Å². The van der Waals surface area contributed by atoms with Crippen LogP contribution >= 0.6 is 0 Å². The van der Waals surface area contributed by atoms with Crippen molar-refractivity contribution in [3.05, 3.63) is 33.4 Å². The van der Waals surface area contributed by atoms with Crippen molar-refractivity contribution in [2.45, 2.75) is 33.2 Å². The summed E-state index contributed by atoms with van der Waals surface area (Å²) in [5.41, 5.74) is 7.02. The fraction of sp³-hybridized carbons (Fsp3) is 0.500. The zero-order valence-corrected chi connectivity index (χ0v) is 12.4. The van der Waals surface area contributed by atoms with Gasteiger partial charge >= 0.3 is 5.97 Å². The Morgan fingerprint density at radius 1 is 1.38 bits per heavy atom. The van der Waals surface area contributed by atoms with Crippen LogP contribution in [0.4, 0.5) is 5.69 Å². The third-order valence-corrected chi connectivity index (χ3v) is 2.97. The lowest BCUT2D eigenvalue weighted by atomic mass is 10.1. The Balaban J connectivity index is 2.65. The number of benzene rings is 1. The summed E-state index contributed by atoms with van der Waals surface area (Å²) in [6, 6.07) is 2.32. The molecule has 0 radical (unpaired) electrons. The van der Waals surface area contributed by atoms with E-state index < -0.39 is 16.9 Å². The molecule has 0 aromatic heterocycles. The van der Waals surface area contributed by atoms with Crippen molar-refractivity contribution in [3.8, 4) is 5.75 Å². The highest BCUT2D eigenvalue weighted by molar-refractivity contribution is 5.75. The molecule has 0 aliphatic carbocycles. The van der Waals surface area contributed by atoms with Crippen molar-refractivity contribution in [1.82, 2.24) is 0 Å². The normalized spacial score (nSPS) is 11.8. The molecule has 7 heteroatoms. The van der Waals surface area contributed by atoms with Gasteiger partial charge in [0.25, 0.3) is 5.69 Å². The Morgan fingerprint density at radius 3 is 2.62 bits per heavy atom. The molecular weight excluding hydrogens is 276 g/mol. The van der Waals surface area contributed by atoms with Gasteiger partial charge in [-0.05, 0) is 32.4 Å². The summed E-state index contributed by atoms with van der Waals surface area (Å²) < 4.78 is 10.3. The predicted molar refractivity (Wildman–Crippen MR) is 77.3 cm³/mol. The number of aryl methyl sites for hydroxylation is 2. The van der Waals surface area contributed by atoms with E-state index in [1.165, 1.54) is 6.07 Å². The standard InChI is InChI=1S/C14H20N2O5/c1-4-20-14(17)11(15)5-6-21-13-8-12(16(18)19)9(2)7-10(13)3/h7-8,11H,4-6,15H2,1-3H3. The first-order valence-electron chi connectivity index (χ1n) is 6.67. The number of hydrogen-bond acceptors (Lipinski definition) is 6. The number of rotatable bonds is 7. The molecule has 0 amide bonds. The molecule has 1 aromatic carbocycles. The van der Waals surface area contributed by atoms with Crippen LogP contribution in [-0.2, 0) is 9.53 Å². The molecule has 0 saturated carbocycles. The first kappa shape index (κ1) is 16.9. The number of nitrogens with two attached hydrogens (primary N) is 1. The Hall–Kier alpha value is -2.15. The lowest BCUT2D eigenvalue weighted by Crippen LogP contribution is -2.33. The zero-order chi connectivity index (χ0) is 16.0. The van der Waals surface area contributed by atoms with Crippen LogP contribution in [0.15, 0.2) is 12.1 Å². The van der Waals surface area contributed by atoms with Gasteiger partial charge in [-0.25, -0.2) is 0 Å². The number of carbonyl (C=O) groups excluding carboxylic acids is 1. The van der Waals surface area contributed by atoms with E-state index in [0.29, 0.717) is 11.3 Å². The Morgan fingerprint density at radius 2 is 2.05 bits per heavy atom. The topological polar surface area (TPSA) is 105 Å². The molecule has 21 heavy (non-hydrogen) atoms. The first-order chi connectivity index (χ1) is 9.86. The molecule has 2 N–H and O–H groups in total. The van der Waals surface area contributed by atoms with Crippen LogP contribution in [0.2, 0.25) is 0 Å². The van der Waals surface area contributed by atoms with Crippen LogP contribution in [0.1, 0.15) is 24.5 Å². The lowest BCUT2D eigenvalue weighted by Gasteiger charge is -2.13. The van der Waals surface area contributed by atoms with E-state index in [1.807, 2.05) is 0 Å². The Kier molecular flexibility index (Phi) is 6.10. The second kappa shape index (κ2) is 7.58. The second-order valence-corrected chi connectivity index (χ2v) is 4.66. The van der Waals surface area contributed by atoms with E-state index in [-0.39, 0.29) is 25.3 Å². The molecule has 0 aliphatic rings. The van der Waals surface area contributed by atoms with Gasteiger partial charge in [0.05, 0.1) is 24.2 Å². The molecule has 1 unspecified atom stereocenters. The maximum Gasteiger partial charge on any atom is 0.323 e. The van der Waals surface area contributed by atoms with E-state index in [4.69, 9.17) is 15.2 Å². The SMILES string of the molecule is CCOC(=O)C(N)CCOc1cc([N+](=O)[O-])c(C)cc1C. The van der Waals surface area contributed by atoms with Crippen molar-refractivity contribution in [2.24, 2.45) is 5.73 Å². The quantitative estimate of drug-likeness (QED) is 0.468. The highest BCUT2D eigenvalue weighted by atomic mass is 16.6. The summed E-state index contributed by atoms with van der Waals surface area (Å²) in [6.07, 6.45) is 0.278. The smallest absolute Gasteiger partial charge is 0.323 e. The highest BCUT2D eigenvalue weighted by Crippen LogP contribution is 2.28. The number of nitro benzene ring substituents is 1. The van der Waals surface area contributed by atoms with E-state index >= 15 is 0 Å². The number of ether oxygens (including phenoxy) is 2. The van der Waals surface area contributed by atoms with Gasteiger partial charge in [-0.3, -0.25) is 14.9 Å². The lowest BCUT2D eigenvalue weighted by molar-refractivity contribution is -0.385. The summed E-state index contributed by atoms with van der Waals surface area (Å²) in [4.78, 5) is 21.8. The Bertz CT molecular complexity index is 530. The molecule has 1 aromatic rings. The van der Waals surface area contributed by atoms with Crippen LogP contribution in [0.5, 0.6) is 5.75 Å². The number of carbonyl (C=O) groups is 1. The second-order valence-electron chi connectivity index (χ2n) is 4.66. The molecule has 0 saturated heterocycles. The molecule has 0 spiro atoms. The van der Waals surface area contributed by atoms with Crippen LogP contribution in [0.3, 0.4) is 0 Å². The van der Waals surface area contributed by atoms with Crippen molar-refractivity contribution in [2.75, 3.05) is 13.2 Å². The monoisotopic (exact) mass is 296 g/mol. The average molecular weight is 296 g/mol. The molecule has 0 aliphatic heterocycles. The summed E-state index contributed by atoms with van der Waals surface area (Å²) in [6.45, 7) is 5.64. The van der Waals surface area contributed by atoms with Crippen molar-refractivity contribution in [1.29, 1.82) is 0 Å². The largest absolute Gasteiger partial charge is 0.493 e. The molecule has 7 nitrogen and oxygen atoms in total. The molecule has 1 atom stereocenters. The van der Waals surface area contributed by atoms with E-state index in [0.717, 1.165) is 5.56 Å². The minimum atomic E-state index is -0.759. The number of hydrogen-bond donors (Lipinski definition) is 1. The van der Waals surface area contributed by atoms with Crippen molar-refractivity contribution >= 4 is 11.7 Å². The zero-order valence-electron chi connectivity index (χ0n) is 12.4. The molecular formula is C14H20N2O5. The highest BCUT2D eigenvalue weighted by Gasteiger charge is 2.17. The minimum absolute atomic E-state index is 0.00490. The van der Waals surface area contributed by atoms with Crippen LogP contribution in [-0.4, -0.2) is 30.1 Å². The summed E-state index contributed by atoms with van der Waals surface area (Å²) in [5, 5.41) is 10.9. The summed E-state index contributed by atoms with van der Waals surface area (Å²) in [5.74, 6) is -0.0592. The van der Waals surface area contributed by atoms with Gasteiger partial charge in [0.1, 0.15) is 11.8 Å². The first-order valence-corrected chi connectivity index (χ1v) is 6.67. The average Bonchev–Trinajstić information content (AvgIpc) is 2.40. The van der Waals surface area contributed by atoms with Gasteiger partial charge < -0.3 is 15.2 Å². The van der Waals surface area contributed by atoms with E-state index in [1.54, 1.807) is 26.8 Å². The third-order valence-electron chi connectivity index (χ3n) is 2.97. The Labute approximate surface area is 123 Å². The van der Waals surface area contributed by atoms with Gasteiger partial charge in [0.15, 0.2) is 0 Å². The molecule has 0 heterocycles. The maximum absolute atomic E-state index is 11.3. The van der Waals surface area contributed by atoms with E-state index in [2.05, 4.69) is 0 Å². The van der Waals surface area contributed by atoms with Crippen LogP contribution < -0.4 is 10.5 Å². The molecule has 1 rings (SSSR count). The van der Waals surface area contributed by atoms with Gasteiger partial charge in [-0.2, -0.15) is 0 Å². The van der Waals surface area contributed by atoms with Crippen LogP contribution in [0, 0.1) is 24.0 Å². The predicted octanol–water partition coefficient (Wildman–Crippen LogP) is 1.87.